The lowest BCUT2D eigenvalue weighted by Crippen LogP contribution is -2.57. The Morgan fingerprint density at radius 3 is 2.35 bits per heavy atom. The van der Waals surface area contributed by atoms with Gasteiger partial charge in [-0.1, -0.05) is 38.1 Å². The SMILES string of the molecule is CC(C)C[C@H](C(=O)N1CC(c2nc3ccccc3s2)C1)N1C(=O)[C@H]2CC=CC[C@H]2C1=O. The van der Waals surface area contributed by atoms with Gasteiger partial charge in [0.2, 0.25) is 17.7 Å². The molecule has 2 aliphatic heterocycles. The number of nitrogens with zero attached hydrogens (tertiary/aromatic N) is 3. The highest BCUT2D eigenvalue weighted by atomic mass is 32.1. The minimum Gasteiger partial charge on any atom is -0.339 e. The van der Waals surface area contributed by atoms with Crippen molar-refractivity contribution in [3.63, 3.8) is 0 Å². The second-order valence-corrected chi connectivity index (χ2v) is 10.4. The first-order valence-corrected chi connectivity index (χ1v) is 11.9. The Kier molecular flexibility index (Phi) is 5.16. The Hall–Kier alpha value is -2.54. The van der Waals surface area contributed by atoms with E-state index in [0.717, 1.165) is 15.2 Å². The summed E-state index contributed by atoms with van der Waals surface area (Å²) in [4.78, 5) is 47.4. The number of likely N-dealkylation sites (tertiary alicyclic amines) is 2. The average Bonchev–Trinajstić information content (AvgIpc) is 3.24. The number of aromatic nitrogens is 1. The van der Waals surface area contributed by atoms with Crippen LogP contribution in [0.25, 0.3) is 10.2 Å². The first kappa shape index (κ1) is 20.4. The molecular weight excluding hydrogens is 410 g/mol. The third-order valence-corrected chi connectivity index (χ3v) is 7.88. The van der Waals surface area contributed by atoms with E-state index in [1.165, 1.54) is 4.90 Å². The summed E-state index contributed by atoms with van der Waals surface area (Å²) < 4.78 is 1.16. The topological polar surface area (TPSA) is 70.6 Å². The summed E-state index contributed by atoms with van der Waals surface area (Å²) in [5.74, 6) is -0.601. The van der Waals surface area contributed by atoms with Crippen molar-refractivity contribution in [1.82, 2.24) is 14.8 Å². The van der Waals surface area contributed by atoms with E-state index in [1.807, 2.05) is 44.2 Å². The molecule has 0 bridgehead atoms. The van der Waals surface area contributed by atoms with Crippen LogP contribution in [0.15, 0.2) is 36.4 Å². The molecule has 0 unspecified atom stereocenters. The van der Waals surface area contributed by atoms with E-state index in [1.54, 1.807) is 16.2 Å². The number of amides is 3. The number of rotatable bonds is 5. The molecule has 3 heterocycles. The molecule has 1 aromatic heterocycles. The fourth-order valence-corrected chi connectivity index (χ4v) is 6.04. The Labute approximate surface area is 185 Å². The zero-order chi connectivity index (χ0) is 21.7. The maximum Gasteiger partial charge on any atom is 0.245 e. The number of imide groups is 1. The second kappa shape index (κ2) is 7.86. The largest absolute Gasteiger partial charge is 0.339 e. The minimum absolute atomic E-state index is 0.0978. The first-order valence-electron chi connectivity index (χ1n) is 11.1. The smallest absolute Gasteiger partial charge is 0.245 e. The number of fused-ring (bicyclic) bond motifs is 2. The van der Waals surface area contributed by atoms with Gasteiger partial charge in [-0.25, -0.2) is 4.98 Å². The number of hydrogen-bond acceptors (Lipinski definition) is 5. The van der Waals surface area contributed by atoms with Crippen LogP contribution in [0, 0.1) is 17.8 Å². The second-order valence-electron chi connectivity index (χ2n) is 9.31. The Balaban J connectivity index is 1.32. The molecule has 0 saturated carbocycles. The molecule has 1 aliphatic carbocycles. The third-order valence-electron chi connectivity index (χ3n) is 6.69. The highest BCUT2D eigenvalue weighted by molar-refractivity contribution is 7.18. The van der Waals surface area contributed by atoms with Crippen LogP contribution in [0.4, 0.5) is 0 Å². The van der Waals surface area contributed by atoms with Gasteiger partial charge in [0.25, 0.3) is 0 Å². The van der Waals surface area contributed by atoms with Gasteiger partial charge < -0.3 is 4.90 Å². The van der Waals surface area contributed by atoms with Crippen LogP contribution >= 0.6 is 11.3 Å². The van der Waals surface area contributed by atoms with E-state index in [-0.39, 0.29) is 41.4 Å². The summed E-state index contributed by atoms with van der Waals surface area (Å²) in [7, 11) is 0. The van der Waals surface area contributed by atoms with Crippen LogP contribution in [0.2, 0.25) is 0 Å². The molecule has 0 radical (unpaired) electrons. The van der Waals surface area contributed by atoms with Crippen molar-refractivity contribution < 1.29 is 14.4 Å². The quantitative estimate of drug-likeness (QED) is 0.529. The van der Waals surface area contributed by atoms with Crippen LogP contribution in [0.3, 0.4) is 0 Å². The van der Waals surface area contributed by atoms with Gasteiger partial charge in [-0.3, -0.25) is 19.3 Å². The fourth-order valence-electron chi connectivity index (χ4n) is 4.99. The van der Waals surface area contributed by atoms with Gasteiger partial charge in [0.05, 0.1) is 22.1 Å². The number of para-hydroxylation sites is 1. The van der Waals surface area contributed by atoms with E-state index in [2.05, 4.69) is 6.07 Å². The molecule has 0 spiro atoms. The number of allylic oxidation sites excluding steroid dienone is 2. The summed E-state index contributed by atoms with van der Waals surface area (Å²) >= 11 is 1.68. The van der Waals surface area contributed by atoms with Crippen molar-refractivity contribution in [3.8, 4) is 0 Å². The lowest BCUT2D eigenvalue weighted by atomic mass is 9.85. The number of thiazole rings is 1. The summed E-state index contributed by atoms with van der Waals surface area (Å²) in [6.45, 7) is 5.25. The monoisotopic (exact) mass is 437 g/mol. The van der Waals surface area contributed by atoms with Crippen LogP contribution in [0.1, 0.15) is 44.0 Å². The zero-order valence-electron chi connectivity index (χ0n) is 17.9. The molecule has 7 heteroatoms. The predicted octanol–water partition coefficient (Wildman–Crippen LogP) is 3.59. The molecule has 31 heavy (non-hydrogen) atoms. The Morgan fingerprint density at radius 2 is 1.74 bits per heavy atom. The predicted molar refractivity (Wildman–Crippen MR) is 119 cm³/mol. The van der Waals surface area contributed by atoms with Gasteiger partial charge in [-0.05, 0) is 37.3 Å². The zero-order valence-corrected chi connectivity index (χ0v) is 18.7. The maximum atomic E-state index is 13.4. The number of carbonyl (C=O) groups is 3. The van der Waals surface area contributed by atoms with Crippen LogP contribution in [-0.4, -0.2) is 51.6 Å². The molecule has 3 amide bonds. The highest BCUT2D eigenvalue weighted by Crippen LogP contribution is 2.39. The van der Waals surface area contributed by atoms with Gasteiger partial charge in [-0.15, -0.1) is 11.3 Å². The van der Waals surface area contributed by atoms with Gasteiger partial charge in [-0.2, -0.15) is 0 Å². The van der Waals surface area contributed by atoms with Gasteiger partial charge in [0, 0.05) is 19.0 Å². The van der Waals surface area contributed by atoms with Crippen molar-refractivity contribution in [2.75, 3.05) is 13.1 Å². The molecule has 3 aliphatic rings. The third kappa shape index (κ3) is 3.49. The summed E-state index contributed by atoms with van der Waals surface area (Å²) in [6, 6.07) is 7.37. The van der Waals surface area contributed by atoms with Crippen molar-refractivity contribution in [3.05, 3.63) is 41.4 Å². The summed E-state index contributed by atoms with van der Waals surface area (Å²) in [6.07, 6.45) is 5.65. The maximum absolute atomic E-state index is 13.4. The van der Waals surface area contributed by atoms with E-state index in [9.17, 15) is 14.4 Å². The Bertz CT molecular complexity index is 1010. The molecule has 2 fully saturated rings. The lowest BCUT2D eigenvalue weighted by Gasteiger charge is -2.41. The fraction of sp³-hybridized carbons (Fsp3) is 0.500. The minimum atomic E-state index is -0.693. The molecule has 3 atom stereocenters. The van der Waals surface area contributed by atoms with Crippen LogP contribution in [0.5, 0.6) is 0 Å². The van der Waals surface area contributed by atoms with Gasteiger partial charge in [0.15, 0.2) is 0 Å². The van der Waals surface area contributed by atoms with Crippen molar-refractivity contribution in [2.45, 2.75) is 45.1 Å². The van der Waals surface area contributed by atoms with E-state index in [0.29, 0.717) is 32.4 Å². The molecule has 6 nitrogen and oxygen atoms in total. The molecule has 5 rings (SSSR count). The molecular formula is C24H27N3O3S. The molecule has 2 saturated heterocycles. The number of carbonyl (C=O) groups excluding carboxylic acids is 3. The van der Waals surface area contributed by atoms with Crippen LogP contribution in [-0.2, 0) is 14.4 Å². The van der Waals surface area contributed by atoms with E-state index in [4.69, 9.17) is 4.98 Å². The number of benzene rings is 1. The molecule has 162 valence electrons. The van der Waals surface area contributed by atoms with Gasteiger partial charge in [0.1, 0.15) is 11.0 Å². The van der Waals surface area contributed by atoms with Crippen molar-refractivity contribution in [1.29, 1.82) is 0 Å². The lowest BCUT2D eigenvalue weighted by molar-refractivity contribution is -0.154. The highest BCUT2D eigenvalue weighted by Gasteiger charge is 2.52. The van der Waals surface area contributed by atoms with E-state index < -0.39 is 6.04 Å². The number of hydrogen-bond donors (Lipinski definition) is 0. The molecule has 2 aromatic rings. The molecule has 1 aromatic carbocycles. The molecule has 0 N–H and O–H groups in total. The summed E-state index contributed by atoms with van der Waals surface area (Å²) in [5.41, 5.74) is 0.995. The summed E-state index contributed by atoms with van der Waals surface area (Å²) in [5, 5.41) is 1.05. The average molecular weight is 438 g/mol. The van der Waals surface area contributed by atoms with Crippen molar-refractivity contribution >= 4 is 39.3 Å². The van der Waals surface area contributed by atoms with Crippen LogP contribution < -0.4 is 0 Å². The van der Waals surface area contributed by atoms with Crippen molar-refractivity contribution in [2.24, 2.45) is 17.8 Å². The standard InChI is InChI=1S/C24H27N3O3S/c1-14(2)11-19(27-22(28)16-7-3-4-8-17(16)23(27)29)24(30)26-12-15(13-26)21-25-18-9-5-6-10-20(18)31-21/h3-6,9-10,14-17,19H,7-8,11-13H2,1-2H3/t16-,17+,19-/m1/s1. The first-order chi connectivity index (χ1) is 14.9. The van der Waals surface area contributed by atoms with Gasteiger partial charge >= 0.3 is 0 Å². The van der Waals surface area contributed by atoms with E-state index >= 15 is 0 Å². The normalized spacial score (nSPS) is 24.7. The Morgan fingerprint density at radius 1 is 1.10 bits per heavy atom.